The van der Waals surface area contributed by atoms with Gasteiger partial charge in [-0.25, -0.2) is 0 Å². The number of hydrogen-bond acceptors (Lipinski definition) is 5. The first-order chi connectivity index (χ1) is 7.95. The molecule has 0 aliphatic carbocycles. The highest BCUT2D eigenvalue weighted by Crippen LogP contribution is 2.30. The Morgan fingerprint density at radius 1 is 1.59 bits per heavy atom. The molecule has 0 saturated carbocycles. The molecule has 1 atom stereocenters. The van der Waals surface area contributed by atoms with E-state index in [1.165, 1.54) is 19.2 Å². The van der Waals surface area contributed by atoms with Gasteiger partial charge in [-0.2, -0.15) is 0 Å². The van der Waals surface area contributed by atoms with Crippen molar-refractivity contribution in [3.8, 4) is 5.75 Å². The molecule has 17 heavy (non-hydrogen) atoms. The van der Waals surface area contributed by atoms with Crippen LogP contribution < -0.4 is 4.74 Å². The number of rotatable bonds is 5. The SMILES string of the molecule is COc1ccc([C@@H](O)CC(=O)O)cc1[N+](=O)[O-]. The fourth-order valence-electron chi connectivity index (χ4n) is 1.34. The number of methoxy groups -OCH3 is 1. The molecule has 0 bridgehead atoms. The molecule has 0 aromatic heterocycles. The predicted octanol–water partition coefficient (Wildman–Crippen LogP) is 1.11. The average Bonchev–Trinajstić information content (AvgIpc) is 2.27. The van der Waals surface area contributed by atoms with Crippen LogP contribution in [0.1, 0.15) is 18.1 Å². The number of carboxylic acids is 1. The van der Waals surface area contributed by atoms with Crippen molar-refractivity contribution in [2.24, 2.45) is 0 Å². The Kier molecular flexibility index (Phi) is 4.00. The second kappa shape index (κ2) is 5.26. The second-order valence-electron chi connectivity index (χ2n) is 3.30. The molecular formula is C10H11NO6. The highest BCUT2D eigenvalue weighted by atomic mass is 16.6. The predicted molar refractivity (Wildman–Crippen MR) is 56.9 cm³/mol. The van der Waals surface area contributed by atoms with Gasteiger partial charge < -0.3 is 14.9 Å². The molecule has 0 unspecified atom stereocenters. The summed E-state index contributed by atoms with van der Waals surface area (Å²) in [5.74, 6) is -1.13. The number of carboxylic acid groups (broad SMARTS) is 1. The van der Waals surface area contributed by atoms with Gasteiger partial charge in [0.25, 0.3) is 0 Å². The number of aliphatic hydroxyl groups excluding tert-OH is 1. The number of aliphatic carboxylic acids is 1. The van der Waals surface area contributed by atoms with Gasteiger partial charge in [-0.05, 0) is 11.6 Å². The molecule has 0 spiro atoms. The normalized spacial score (nSPS) is 11.9. The largest absolute Gasteiger partial charge is 0.490 e. The molecule has 92 valence electrons. The van der Waals surface area contributed by atoms with E-state index < -0.39 is 23.4 Å². The molecule has 0 fully saturated rings. The van der Waals surface area contributed by atoms with E-state index in [4.69, 9.17) is 9.84 Å². The van der Waals surface area contributed by atoms with Crippen molar-refractivity contribution in [2.45, 2.75) is 12.5 Å². The van der Waals surface area contributed by atoms with Crippen LogP contribution in [0.2, 0.25) is 0 Å². The molecule has 7 heteroatoms. The summed E-state index contributed by atoms with van der Waals surface area (Å²) in [4.78, 5) is 20.5. The smallest absolute Gasteiger partial charge is 0.311 e. The Labute approximate surface area is 96.4 Å². The maximum Gasteiger partial charge on any atom is 0.311 e. The average molecular weight is 241 g/mol. The number of nitrogens with zero attached hydrogens (tertiary/aromatic N) is 1. The number of ether oxygens (including phenoxy) is 1. The van der Waals surface area contributed by atoms with Crippen LogP contribution in [-0.2, 0) is 4.79 Å². The van der Waals surface area contributed by atoms with Gasteiger partial charge in [0.15, 0.2) is 5.75 Å². The van der Waals surface area contributed by atoms with Gasteiger partial charge in [0.2, 0.25) is 0 Å². The third-order valence-electron chi connectivity index (χ3n) is 2.15. The van der Waals surface area contributed by atoms with Gasteiger partial charge >= 0.3 is 11.7 Å². The molecule has 1 aromatic carbocycles. The van der Waals surface area contributed by atoms with Gasteiger partial charge in [0.05, 0.1) is 24.6 Å². The van der Waals surface area contributed by atoms with E-state index in [1.807, 2.05) is 0 Å². The van der Waals surface area contributed by atoms with Crippen molar-refractivity contribution in [2.75, 3.05) is 7.11 Å². The molecular weight excluding hydrogens is 230 g/mol. The van der Waals surface area contributed by atoms with Crippen LogP contribution in [0, 0.1) is 10.1 Å². The van der Waals surface area contributed by atoms with Gasteiger partial charge in [-0.15, -0.1) is 0 Å². The maximum atomic E-state index is 10.7. The molecule has 0 saturated heterocycles. The lowest BCUT2D eigenvalue weighted by atomic mass is 10.1. The minimum absolute atomic E-state index is 0.0567. The summed E-state index contributed by atoms with van der Waals surface area (Å²) in [5.41, 5.74) is -0.144. The summed E-state index contributed by atoms with van der Waals surface area (Å²) in [7, 11) is 1.29. The zero-order chi connectivity index (χ0) is 13.0. The van der Waals surface area contributed by atoms with E-state index in [1.54, 1.807) is 0 Å². The molecule has 1 rings (SSSR count). The van der Waals surface area contributed by atoms with E-state index in [0.29, 0.717) is 0 Å². The van der Waals surface area contributed by atoms with Crippen LogP contribution in [0.5, 0.6) is 5.75 Å². The summed E-state index contributed by atoms with van der Waals surface area (Å²) in [6.07, 6.45) is -1.79. The topological polar surface area (TPSA) is 110 Å². The third kappa shape index (κ3) is 3.15. The molecule has 7 nitrogen and oxygen atoms in total. The summed E-state index contributed by atoms with van der Waals surface area (Å²) in [5, 5.41) is 28.7. The van der Waals surface area contributed by atoms with E-state index in [-0.39, 0.29) is 17.0 Å². The van der Waals surface area contributed by atoms with Crippen LogP contribution in [-0.4, -0.2) is 28.2 Å². The first kappa shape index (κ1) is 12.9. The van der Waals surface area contributed by atoms with Crippen LogP contribution in [0.25, 0.3) is 0 Å². The number of aliphatic hydroxyl groups is 1. The summed E-state index contributed by atoms with van der Waals surface area (Å²) < 4.78 is 4.78. The molecule has 0 radical (unpaired) electrons. The zero-order valence-corrected chi connectivity index (χ0v) is 8.99. The number of nitro groups is 1. The quantitative estimate of drug-likeness (QED) is 0.590. The Balaban J connectivity index is 3.07. The third-order valence-corrected chi connectivity index (χ3v) is 2.15. The molecule has 0 amide bonds. The summed E-state index contributed by atoms with van der Waals surface area (Å²) in [6, 6.07) is 3.81. The molecule has 0 heterocycles. The fourth-order valence-corrected chi connectivity index (χ4v) is 1.34. The minimum Gasteiger partial charge on any atom is -0.490 e. The van der Waals surface area contributed by atoms with Crippen molar-refractivity contribution in [1.29, 1.82) is 0 Å². The maximum absolute atomic E-state index is 10.7. The number of carbonyl (C=O) groups is 1. The van der Waals surface area contributed by atoms with Gasteiger partial charge in [-0.3, -0.25) is 14.9 Å². The first-order valence-electron chi connectivity index (χ1n) is 4.68. The molecule has 1 aromatic rings. The molecule has 0 aliphatic rings. The van der Waals surface area contributed by atoms with Crippen LogP contribution >= 0.6 is 0 Å². The van der Waals surface area contributed by atoms with Gasteiger partial charge in [0, 0.05) is 6.07 Å². The van der Waals surface area contributed by atoms with Crippen LogP contribution in [0.3, 0.4) is 0 Å². The highest BCUT2D eigenvalue weighted by Gasteiger charge is 2.19. The molecule has 2 N–H and O–H groups in total. The number of hydrogen-bond donors (Lipinski definition) is 2. The Morgan fingerprint density at radius 3 is 2.71 bits per heavy atom. The molecule has 0 aliphatic heterocycles. The van der Waals surface area contributed by atoms with Crippen molar-refractivity contribution in [3.05, 3.63) is 33.9 Å². The summed E-state index contributed by atoms with van der Waals surface area (Å²) in [6.45, 7) is 0. The van der Waals surface area contributed by atoms with Crippen molar-refractivity contribution in [3.63, 3.8) is 0 Å². The lowest BCUT2D eigenvalue weighted by Gasteiger charge is -2.09. The van der Waals surface area contributed by atoms with Crippen LogP contribution in [0.15, 0.2) is 18.2 Å². The van der Waals surface area contributed by atoms with Crippen molar-refractivity contribution in [1.82, 2.24) is 0 Å². The summed E-state index contributed by atoms with van der Waals surface area (Å²) >= 11 is 0. The Hall–Kier alpha value is -2.15. The van der Waals surface area contributed by atoms with E-state index in [2.05, 4.69) is 0 Å². The van der Waals surface area contributed by atoms with Gasteiger partial charge in [0.1, 0.15) is 0 Å². The van der Waals surface area contributed by atoms with E-state index >= 15 is 0 Å². The number of benzene rings is 1. The van der Waals surface area contributed by atoms with E-state index in [9.17, 15) is 20.0 Å². The van der Waals surface area contributed by atoms with Crippen molar-refractivity contribution >= 4 is 11.7 Å². The number of nitro benzene ring substituents is 1. The Bertz CT molecular complexity index is 444. The van der Waals surface area contributed by atoms with Gasteiger partial charge in [-0.1, -0.05) is 6.07 Å². The monoisotopic (exact) mass is 241 g/mol. The first-order valence-corrected chi connectivity index (χ1v) is 4.68. The van der Waals surface area contributed by atoms with Crippen LogP contribution in [0.4, 0.5) is 5.69 Å². The zero-order valence-electron chi connectivity index (χ0n) is 8.99. The van der Waals surface area contributed by atoms with Crippen molar-refractivity contribution < 1.29 is 24.7 Å². The minimum atomic E-state index is -1.28. The second-order valence-corrected chi connectivity index (χ2v) is 3.30. The lowest BCUT2D eigenvalue weighted by molar-refractivity contribution is -0.385. The standard InChI is InChI=1S/C10H11NO6/c1-17-9-3-2-6(4-7(9)11(15)16)8(12)5-10(13)14/h2-4,8,12H,5H2,1H3,(H,13,14)/t8-/m0/s1. The lowest BCUT2D eigenvalue weighted by Crippen LogP contribution is -2.06. The Morgan fingerprint density at radius 2 is 2.24 bits per heavy atom. The fraction of sp³-hybridized carbons (Fsp3) is 0.300. The van der Waals surface area contributed by atoms with E-state index in [0.717, 1.165) is 6.07 Å². The highest BCUT2D eigenvalue weighted by molar-refractivity contribution is 5.67.